The number of aromatic nitrogens is 2. The second-order valence-electron chi connectivity index (χ2n) is 3.14. The van der Waals surface area contributed by atoms with E-state index in [1.165, 1.54) is 6.33 Å². The normalized spacial score (nSPS) is 10.3. The molecule has 0 saturated heterocycles. The predicted molar refractivity (Wildman–Crippen MR) is 59.9 cm³/mol. The summed E-state index contributed by atoms with van der Waals surface area (Å²) < 4.78 is 13.9. The average molecular weight is 267 g/mol. The Kier molecular flexibility index (Phi) is 2.77. The fourth-order valence-corrected chi connectivity index (χ4v) is 1.65. The highest BCUT2D eigenvalue weighted by Gasteiger charge is 2.12. The Hall–Kier alpha value is -1.29. The Bertz CT molecular complexity index is 500. The van der Waals surface area contributed by atoms with Crippen LogP contribution in [0.1, 0.15) is 5.56 Å². The summed E-state index contributed by atoms with van der Waals surface area (Å²) in [7, 11) is 0. The SMILES string of the molecule is Cc1ccccc1-c1ncnc(Br)c1F. The molecule has 76 valence electrons. The summed E-state index contributed by atoms with van der Waals surface area (Å²) in [5, 5.41) is 0. The highest BCUT2D eigenvalue weighted by molar-refractivity contribution is 9.10. The lowest BCUT2D eigenvalue weighted by Crippen LogP contribution is -1.94. The Balaban J connectivity index is 2.65. The molecule has 1 aromatic heterocycles. The van der Waals surface area contributed by atoms with Gasteiger partial charge in [0.15, 0.2) is 5.82 Å². The van der Waals surface area contributed by atoms with Gasteiger partial charge in [-0.2, -0.15) is 0 Å². The predicted octanol–water partition coefficient (Wildman–Crippen LogP) is 3.35. The number of benzene rings is 1. The van der Waals surface area contributed by atoms with Crippen molar-refractivity contribution in [2.45, 2.75) is 6.92 Å². The summed E-state index contributed by atoms with van der Waals surface area (Å²) in [6.07, 6.45) is 1.34. The van der Waals surface area contributed by atoms with Gasteiger partial charge >= 0.3 is 0 Å². The Labute approximate surface area is 95.3 Å². The molecule has 2 nitrogen and oxygen atoms in total. The van der Waals surface area contributed by atoms with Crippen molar-refractivity contribution < 1.29 is 4.39 Å². The zero-order valence-electron chi connectivity index (χ0n) is 8.04. The largest absolute Gasteiger partial charge is 0.233 e. The van der Waals surface area contributed by atoms with E-state index in [1.54, 1.807) is 0 Å². The Morgan fingerprint density at radius 3 is 2.67 bits per heavy atom. The zero-order valence-corrected chi connectivity index (χ0v) is 9.62. The molecule has 0 fully saturated rings. The first kappa shape index (κ1) is 10.2. The number of halogens is 2. The van der Waals surface area contributed by atoms with Gasteiger partial charge in [-0.25, -0.2) is 14.4 Å². The molecule has 0 atom stereocenters. The Morgan fingerprint density at radius 2 is 1.93 bits per heavy atom. The lowest BCUT2D eigenvalue weighted by molar-refractivity contribution is 0.609. The number of hydrogen-bond acceptors (Lipinski definition) is 2. The molecule has 1 aromatic carbocycles. The summed E-state index contributed by atoms with van der Waals surface area (Å²) in [6, 6.07) is 7.53. The van der Waals surface area contributed by atoms with E-state index in [-0.39, 0.29) is 4.60 Å². The molecule has 0 bridgehead atoms. The lowest BCUT2D eigenvalue weighted by atomic mass is 10.1. The highest BCUT2D eigenvalue weighted by Crippen LogP contribution is 2.26. The standard InChI is InChI=1S/C11H8BrFN2/c1-7-4-2-3-5-8(7)10-9(13)11(12)15-6-14-10/h2-6H,1H3. The minimum absolute atomic E-state index is 0.191. The van der Waals surface area contributed by atoms with Crippen molar-refractivity contribution in [3.05, 3.63) is 46.6 Å². The molecule has 0 amide bonds. The Morgan fingerprint density at radius 1 is 1.20 bits per heavy atom. The summed E-state index contributed by atoms with van der Waals surface area (Å²) in [4.78, 5) is 7.68. The molecule has 0 saturated carbocycles. The van der Waals surface area contributed by atoms with Gasteiger partial charge in [-0.3, -0.25) is 0 Å². The first-order valence-corrected chi connectivity index (χ1v) is 5.21. The van der Waals surface area contributed by atoms with Crippen LogP contribution in [0, 0.1) is 12.7 Å². The van der Waals surface area contributed by atoms with Crippen molar-refractivity contribution in [3.8, 4) is 11.3 Å². The molecule has 0 aliphatic heterocycles. The van der Waals surface area contributed by atoms with E-state index < -0.39 is 5.82 Å². The van der Waals surface area contributed by atoms with Crippen LogP contribution in [0.4, 0.5) is 4.39 Å². The molecule has 2 rings (SSSR count). The van der Waals surface area contributed by atoms with Crippen LogP contribution in [0.2, 0.25) is 0 Å². The van der Waals surface area contributed by atoms with Crippen LogP contribution in [-0.2, 0) is 0 Å². The van der Waals surface area contributed by atoms with E-state index in [9.17, 15) is 4.39 Å². The van der Waals surface area contributed by atoms with Crippen molar-refractivity contribution >= 4 is 15.9 Å². The van der Waals surface area contributed by atoms with E-state index in [0.29, 0.717) is 5.69 Å². The van der Waals surface area contributed by atoms with Gasteiger partial charge in [0.1, 0.15) is 16.6 Å². The van der Waals surface area contributed by atoms with E-state index in [1.807, 2.05) is 31.2 Å². The number of rotatable bonds is 1. The van der Waals surface area contributed by atoms with Crippen molar-refractivity contribution in [3.63, 3.8) is 0 Å². The van der Waals surface area contributed by atoms with Crippen LogP contribution in [0.5, 0.6) is 0 Å². The van der Waals surface area contributed by atoms with Gasteiger partial charge in [0.25, 0.3) is 0 Å². The molecular weight excluding hydrogens is 259 g/mol. The fourth-order valence-electron chi connectivity index (χ4n) is 1.37. The van der Waals surface area contributed by atoms with Crippen LogP contribution in [0.25, 0.3) is 11.3 Å². The molecule has 0 N–H and O–H groups in total. The number of hydrogen-bond donors (Lipinski definition) is 0. The monoisotopic (exact) mass is 266 g/mol. The maximum atomic E-state index is 13.7. The average Bonchev–Trinajstić information content (AvgIpc) is 2.23. The summed E-state index contributed by atoms with van der Waals surface area (Å²) in [5.74, 6) is -0.424. The third kappa shape index (κ3) is 1.90. The van der Waals surface area contributed by atoms with Crippen molar-refractivity contribution in [2.24, 2.45) is 0 Å². The minimum Gasteiger partial charge on any atom is -0.233 e. The summed E-state index contributed by atoms with van der Waals surface area (Å²) in [6.45, 7) is 1.92. The lowest BCUT2D eigenvalue weighted by Gasteiger charge is -2.05. The maximum absolute atomic E-state index is 13.7. The van der Waals surface area contributed by atoms with Gasteiger partial charge in [0, 0.05) is 5.56 Å². The molecule has 0 radical (unpaired) electrons. The van der Waals surface area contributed by atoms with Gasteiger partial charge < -0.3 is 0 Å². The first-order valence-electron chi connectivity index (χ1n) is 4.42. The molecule has 0 aliphatic rings. The number of aryl methyl sites for hydroxylation is 1. The van der Waals surface area contributed by atoms with E-state index >= 15 is 0 Å². The van der Waals surface area contributed by atoms with Gasteiger partial charge in [-0.05, 0) is 28.4 Å². The topological polar surface area (TPSA) is 25.8 Å². The third-order valence-corrected chi connectivity index (χ3v) is 2.70. The van der Waals surface area contributed by atoms with Gasteiger partial charge in [0.05, 0.1) is 0 Å². The molecular formula is C11H8BrFN2. The highest BCUT2D eigenvalue weighted by atomic mass is 79.9. The molecule has 0 spiro atoms. The zero-order chi connectivity index (χ0) is 10.8. The molecule has 0 unspecified atom stereocenters. The van der Waals surface area contributed by atoms with Crippen LogP contribution in [-0.4, -0.2) is 9.97 Å². The first-order chi connectivity index (χ1) is 7.20. The summed E-state index contributed by atoms with van der Waals surface area (Å²) >= 11 is 3.04. The van der Waals surface area contributed by atoms with Crippen molar-refractivity contribution in [1.82, 2.24) is 9.97 Å². The second-order valence-corrected chi connectivity index (χ2v) is 3.89. The molecule has 2 aromatic rings. The molecule has 15 heavy (non-hydrogen) atoms. The molecule has 0 aliphatic carbocycles. The minimum atomic E-state index is -0.424. The maximum Gasteiger partial charge on any atom is 0.182 e. The van der Waals surface area contributed by atoms with Gasteiger partial charge in [0.2, 0.25) is 0 Å². The molecule has 1 heterocycles. The van der Waals surface area contributed by atoms with Gasteiger partial charge in [-0.15, -0.1) is 0 Å². The van der Waals surface area contributed by atoms with E-state index in [2.05, 4.69) is 25.9 Å². The van der Waals surface area contributed by atoms with Crippen molar-refractivity contribution in [2.75, 3.05) is 0 Å². The third-order valence-electron chi connectivity index (χ3n) is 2.15. The van der Waals surface area contributed by atoms with Crippen molar-refractivity contribution in [1.29, 1.82) is 0 Å². The van der Waals surface area contributed by atoms with E-state index in [4.69, 9.17) is 0 Å². The van der Waals surface area contributed by atoms with Crippen LogP contribution >= 0.6 is 15.9 Å². The number of nitrogens with zero attached hydrogens (tertiary/aromatic N) is 2. The second kappa shape index (κ2) is 4.06. The quantitative estimate of drug-likeness (QED) is 0.740. The smallest absolute Gasteiger partial charge is 0.182 e. The van der Waals surface area contributed by atoms with Crippen LogP contribution < -0.4 is 0 Å². The van der Waals surface area contributed by atoms with Crippen LogP contribution in [0.3, 0.4) is 0 Å². The van der Waals surface area contributed by atoms with E-state index in [0.717, 1.165) is 11.1 Å². The fraction of sp³-hybridized carbons (Fsp3) is 0.0909. The van der Waals surface area contributed by atoms with Gasteiger partial charge in [-0.1, -0.05) is 24.3 Å². The molecule has 4 heteroatoms. The van der Waals surface area contributed by atoms with Crippen LogP contribution in [0.15, 0.2) is 35.2 Å². The summed E-state index contributed by atoms with van der Waals surface area (Å²) in [5.41, 5.74) is 2.11.